The first-order valence-electron chi connectivity index (χ1n) is 7.63. The second-order valence-electron chi connectivity index (χ2n) is 5.50. The second-order valence-corrected chi connectivity index (χ2v) is 5.90. The minimum Gasteiger partial charge on any atom is -0.488 e. The fraction of sp³-hybridized carbons (Fsp3) is 0.222. The lowest BCUT2D eigenvalue weighted by Crippen LogP contribution is -2.39. The Morgan fingerprint density at radius 2 is 2.00 bits per heavy atom. The summed E-state index contributed by atoms with van der Waals surface area (Å²) in [5, 5.41) is 3.24. The van der Waals surface area contributed by atoms with Crippen LogP contribution in [0.15, 0.2) is 42.5 Å². The van der Waals surface area contributed by atoms with Gasteiger partial charge in [-0.05, 0) is 23.8 Å². The maximum absolute atomic E-state index is 12.8. The van der Waals surface area contributed by atoms with Crippen molar-refractivity contribution < 1.29 is 14.3 Å². The van der Waals surface area contributed by atoms with E-state index in [-0.39, 0.29) is 18.2 Å². The number of ether oxygens (including phenoxy) is 1. The molecule has 3 rings (SSSR count). The van der Waals surface area contributed by atoms with Gasteiger partial charge in [0, 0.05) is 12.6 Å². The van der Waals surface area contributed by atoms with Gasteiger partial charge in [-0.1, -0.05) is 35.9 Å². The first kappa shape index (κ1) is 16.3. The highest BCUT2D eigenvalue weighted by Gasteiger charge is 2.25. The Morgan fingerprint density at radius 1 is 1.21 bits per heavy atom. The van der Waals surface area contributed by atoms with E-state index in [1.165, 1.54) is 6.92 Å². The highest BCUT2D eigenvalue weighted by Crippen LogP contribution is 2.38. The molecule has 0 saturated carbocycles. The van der Waals surface area contributed by atoms with Crippen molar-refractivity contribution in [3.63, 3.8) is 0 Å². The molecule has 2 aromatic carbocycles. The molecule has 124 valence electrons. The van der Waals surface area contributed by atoms with E-state index in [1.54, 1.807) is 23.1 Å². The SMILES string of the molecule is CC(=O)Nc1ccccc1CC(=O)N1CCOc2c(Cl)cccc21. The quantitative estimate of drug-likeness (QED) is 0.929. The zero-order valence-corrected chi connectivity index (χ0v) is 14.0. The predicted molar refractivity (Wildman–Crippen MR) is 93.7 cm³/mol. The van der Waals surface area contributed by atoms with Gasteiger partial charge in [0.25, 0.3) is 0 Å². The Kier molecular flexibility index (Phi) is 4.71. The summed E-state index contributed by atoms with van der Waals surface area (Å²) in [6.07, 6.45) is 0.183. The average Bonchev–Trinajstić information content (AvgIpc) is 2.56. The monoisotopic (exact) mass is 344 g/mol. The number of anilines is 2. The molecule has 0 radical (unpaired) electrons. The highest BCUT2D eigenvalue weighted by atomic mass is 35.5. The lowest BCUT2D eigenvalue weighted by atomic mass is 10.1. The normalized spacial score (nSPS) is 13.0. The number of nitrogens with zero attached hydrogens (tertiary/aromatic N) is 1. The summed E-state index contributed by atoms with van der Waals surface area (Å²) in [6.45, 7) is 2.31. The summed E-state index contributed by atoms with van der Waals surface area (Å²) < 4.78 is 5.58. The lowest BCUT2D eigenvalue weighted by Gasteiger charge is -2.30. The molecular formula is C18H17ClN2O3. The summed E-state index contributed by atoms with van der Waals surface area (Å²) in [4.78, 5) is 25.8. The molecule has 0 unspecified atom stereocenters. The average molecular weight is 345 g/mol. The summed E-state index contributed by atoms with van der Waals surface area (Å²) in [5.74, 6) is 0.298. The van der Waals surface area contributed by atoms with Crippen LogP contribution in [-0.4, -0.2) is 25.0 Å². The number of amides is 2. The molecule has 24 heavy (non-hydrogen) atoms. The number of carbonyl (C=O) groups excluding carboxylic acids is 2. The molecule has 0 atom stereocenters. The number of rotatable bonds is 3. The van der Waals surface area contributed by atoms with Crippen molar-refractivity contribution in [2.45, 2.75) is 13.3 Å². The lowest BCUT2D eigenvalue weighted by molar-refractivity contribution is -0.118. The van der Waals surface area contributed by atoms with Crippen LogP contribution in [0.25, 0.3) is 0 Å². The van der Waals surface area contributed by atoms with E-state index in [9.17, 15) is 9.59 Å². The van der Waals surface area contributed by atoms with Crippen molar-refractivity contribution in [1.82, 2.24) is 0 Å². The number of para-hydroxylation sites is 2. The maximum Gasteiger partial charge on any atom is 0.231 e. The van der Waals surface area contributed by atoms with E-state index in [0.29, 0.717) is 35.3 Å². The number of nitrogens with one attached hydrogen (secondary N) is 1. The van der Waals surface area contributed by atoms with Gasteiger partial charge in [0.1, 0.15) is 6.61 Å². The molecule has 6 heteroatoms. The van der Waals surface area contributed by atoms with Gasteiger partial charge in [-0.3, -0.25) is 9.59 Å². The minimum atomic E-state index is -0.168. The van der Waals surface area contributed by atoms with Gasteiger partial charge >= 0.3 is 0 Å². The zero-order valence-electron chi connectivity index (χ0n) is 13.2. The number of fused-ring (bicyclic) bond motifs is 1. The summed E-state index contributed by atoms with van der Waals surface area (Å²) >= 11 is 6.14. The van der Waals surface area contributed by atoms with Gasteiger partial charge < -0.3 is 15.0 Å². The van der Waals surface area contributed by atoms with E-state index in [0.717, 1.165) is 5.56 Å². The summed E-state index contributed by atoms with van der Waals surface area (Å²) in [5.41, 5.74) is 2.10. The van der Waals surface area contributed by atoms with Crippen molar-refractivity contribution in [2.75, 3.05) is 23.4 Å². The Hall–Kier alpha value is -2.53. The molecular weight excluding hydrogens is 328 g/mol. The maximum atomic E-state index is 12.8. The van der Waals surface area contributed by atoms with Crippen LogP contribution in [0.5, 0.6) is 5.75 Å². The Morgan fingerprint density at radius 3 is 2.79 bits per heavy atom. The molecule has 0 spiro atoms. The molecule has 1 N–H and O–H groups in total. The van der Waals surface area contributed by atoms with Crippen LogP contribution in [0.4, 0.5) is 11.4 Å². The standard InChI is InChI=1S/C18H17ClN2O3/c1-12(22)20-15-7-3-2-5-13(15)11-17(23)21-9-10-24-18-14(19)6-4-8-16(18)21/h2-8H,9-11H2,1H3,(H,20,22). The Balaban J connectivity index is 1.85. The van der Waals surface area contributed by atoms with Crippen LogP contribution in [0.1, 0.15) is 12.5 Å². The molecule has 0 saturated heterocycles. The molecule has 0 fully saturated rings. The van der Waals surface area contributed by atoms with Crippen LogP contribution in [-0.2, 0) is 16.0 Å². The minimum absolute atomic E-state index is 0.0698. The number of benzene rings is 2. The molecule has 5 nitrogen and oxygen atoms in total. The number of hydrogen-bond donors (Lipinski definition) is 1. The molecule has 0 aliphatic carbocycles. The molecule has 0 bridgehead atoms. The summed E-state index contributed by atoms with van der Waals surface area (Å²) in [6, 6.07) is 12.6. The van der Waals surface area contributed by atoms with Crippen molar-refractivity contribution >= 4 is 34.8 Å². The Bertz CT molecular complexity index is 792. The smallest absolute Gasteiger partial charge is 0.231 e. The van der Waals surface area contributed by atoms with Crippen LogP contribution in [0.3, 0.4) is 0 Å². The predicted octanol–water partition coefficient (Wildman–Crippen LogP) is 3.27. The molecule has 1 heterocycles. The third-order valence-corrected chi connectivity index (χ3v) is 4.07. The van der Waals surface area contributed by atoms with E-state index in [1.807, 2.05) is 24.3 Å². The van der Waals surface area contributed by atoms with E-state index >= 15 is 0 Å². The zero-order chi connectivity index (χ0) is 17.1. The topological polar surface area (TPSA) is 58.6 Å². The third kappa shape index (κ3) is 3.36. The van der Waals surface area contributed by atoms with Gasteiger partial charge in [0.05, 0.1) is 23.7 Å². The van der Waals surface area contributed by atoms with Crippen LogP contribution in [0.2, 0.25) is 5.02 Å². The number of halogens is 1. The number of carbonyl (C=O) groups is 2. The van der Waals surface area contributed by atoms with Gasteiger partial charge in [-0.2, -0.15) is 0 Å². The van der Waals surface area contributed by atoms with Crippen molar-refractivity contribution in [2.24, 2.45) is 0 Å². The van der Waals surface area contributed by atoms with Crippen molar-refractivity contribution in [3.05, 3.63) is 53.1 Å². The van der Waals surface area contributed by atoms with Gasteiger partial charge in [-0.25, -0.2) is 0 Å². The van der Waals surface area contributed by atoms with E-state index in [4.69, 9.17) is 16.3 Å². The molecule has 2 aromatic rings. The van der Waals surface area contributed by atoms with E-state index in [2.05, 4.69) is 5.32 Å². The Labute approximate surface area is 145 Å². The first-order chi connectivity index (χ1) is 11.6. The molecule has 0 aromatic heterocycles. The van der Waals surface area contributed by atoms with Crippen LogP contribution < -0.4 is 15.0 Å². The largest absolute Gasteiger partial charge is 0.488 e. The highest BCUT2D eigenvalue weighted by molar-refractivity contribution is 6.32. The fourth-order valence-corrected chi connectivity index (χ4v) is 2.94. The van der Waals surface area contributed by atoms with Gasteiger partial charge in [-0.15, -0.1) is 0 Å². The van der Waals surface area contributed by atoms with Gasteiger partial charge in [0.2, 0.25) is 11.8 Å². The number of hydrogen-bond acceptors (Lipinski definition) is 3. The van der Waals surface area contributed by atoms with Crippen LogP contribution >= 0.6 is 11.6 Å². The second kappa shape index (κ2) is 6.93. The van der Waals surface area contributed by atoms with Crippen molar-refractivity contribution in [1.29, 1.82) is 0 Å². The van der Waals surface area contributed by atoms with Crippen LogP contribution in [0, 0.1) is 0 Å². The van der Waals surface area contributed by atoms with Gasteiger partial charge in [0.15, 0.2) is 5.75 Å². The third-order valence-electron chi connectivity index (χ3n) is 3.77. The van der Waals surface area contributed by atoms with E-state index < -0.39 is 0 Å². The molecule has 1 aliphatic heterocycles. The summed E-state index contributed by atoms with van der Waals surface area (Å²) in [7, 11) is 0. The molecule has 2 amide bonds. The fourth-order valence-electron chi connectivity index (χ4n) is 2.72. The first-order valence-corrected chi connectivity index (χ1v) is 8.01. The van der Waals surface area contributed by atoms with Crippen molar-refractivity contribution in [3.8, 4) is 5.75 Å². The molecule has 1 aliphatic rings.